The molecule has 1 heterocycles. The molecule has 0 bridgehead atoms. The Kier molecular flexibility index (Phi) is 6.12. The zero-order valence-electron chi connectivity index (χ0n) is 15.2. The molecule has 0 saturated carbocycles. The van der Waals surface area contributed by atoms with Gasteiger partial charge in [-0.05, 0) is 24.1 Å². The molecule has 2 aromatic carbocycles. The Balaban J connectivity index is 1.57. The Hall–Kier alpha value is -2.53. The maximum atomic E-state index is 11.7. The van der Waals surface area contributed by atoms with Gasteiger partial charge in [-0.2, -0.15) is 0 Å². The van der Waals surface area contributed by atoms with Crippen molar-refractivity contribution in [3.8, 4) is 5.75 Å². The van der Waals surface area contributed by atoms with Crippen molar-refractivity contribution < 1.29 is 14.6 Å². The lowest BCUT2D eigenvalue weighted by molar-refractivity contribution is -0.142. The first-order valence-corrected chi connectivity index (χ1v) is 9.04. The van der Waals surface area contributed by atoms with Gasteiger partial charge in [-0.25, -0.2) is 0 Å². The molecular formula is C21H26N2O3. The number of carbonyl (C=O) groups is 1. The molecule has 0 aromatic heterocycles. The van der Waals surface area contributed by atoms with E-state index in [9.17, 15) is 9.90 Å². The second-order valence-corrected chi connectivity index (χ2v) is 6.68. The van der Waals surface area contributed by atoms with Gasteiger partial charge < -0.3 is 14.7 Å². The van der Waals surface area contributed by atoms with Gasteiger partial charge in [0.25, 0.3) is 0 Å². The van der Waals surface area contributed by atoms with Crippen molar-refractivity contribution in [2.75, 3.05) is 44.7 Å². The second kappa shape index (κ2) is 8.72. The number of hydrogen-bond acceptors (Lipinski definition) is 4. The highest BCUT2D eigenvalue weighted by Gasteiger charge is 2.25. The van der Waals surface area contributed by atoms with Crippen LogP contribution >= 0.6 is 0 Å². The van der Waals surface area contributed by atoms with Crippen LogP contribution < -0.4 is 9.64 Å². The Labute approximate surface area is 154 Å². The molecule has 138 valence electrons. The third kappa shape index (κ3) is 4.55. The topological polar surface area (TPSA) is 53.0 Å². The number of nitrogens with zero attached hydrogens (tertiary/aromatic N) is 2. The van der Waals surface area contributed by atoms with E-state index in [2.05, 4.69) is 15.9 Å². The van der Waals surface area contributed by atoms with Gasteiger partial charge in [0.1, 0.15) is 5.75 Å². The summed E-state index contributed by atoms with van der Waals surface area (Å²) in [6.45, 7) is 4.05. The van der Waals surface area contributed by atoms with E-state index in [1.165, 1.54) is 0 Å². The second-order valence-electron chi connectivity index (χ2n) is 6.68. The van der Waals surface area contributed by atoms with Gasteiger partial charge in [0.15, 0.2) is 0 Å². The third-order valence-electron chi connectivity index (χ3n) is 4.95. The molecule has 3 rings (SSSR count). The molecule has 5 heteroatoms. The molecule has 0 radical (unpaired) electrons. The van der Waals surface area contributed by atoms with Crippen LogP contribution in [0.5, 0.6) is 5.75 Å². The minimum absolute atomic E-state index is 0.379. The SMILES string of the molecule is COc1ccccc1N1CCN(CC(Cc2ccccc2)C(=O)O)CC1. The largest absolute Gasteiger partial charge is 0.495 e. The van der Waals surface area contributed by atoms with Crippen molar-refractivity contribution in [3.05, 3.63) is 60.2 Å². The number of aliphatic carboxylic acids is 1. The third-order valence-corrected chi connectivity index (χ3v) is 4.95. The van der Waals surface area contributed by atoms with Crippen molar-refractivity contribution >= 4 is 11.7 Å². The van der Waals surface area contributed by atoms with Crippen LogP contribution in [0.25, 0.3) is 0 Å². The average Bonchev–Trinajstić information content (AvgIpc) is 2.69. The van der Waals surface area contributed by atoms with E-state index in [0.29, 0.717) is 13.0 Å². The summed E-state index contributed by atoms with van der Waals surface area (Å²) in [6.07, 6.45) is 0.572. The molecule has 1 N–H and O–H groups in total. The lowest BCUT2D eigenvalue weighted by Crippen LogP contribution is -2.48. The van der Waals surface area contributed by atoms with Crippen LogP contribution in [0.3, 0.4) is 0 Å². The van der Waals surface area contributed by atoms with E-state index in [1.807, 2.05) is 48.5 Å². The molecule has 1 unspecified atom stereocenters. The van der Waals surface area contributed by atoms with Crippen molar-refractivity contribution in [2.24, 2.45) is 5.92 Å². The molecule has 0 spiro atoms. The summed E-state index contributed by atoms with van der Waals surface area (Å²) in [5.41, 5.74) is 2.18. The number of para-hydroxylation sites is 2. The number of carboxylic acid groups (broad SMARTS) is 1. The summed E-state index contributed by atoms with van der Waals surface area (Å²) in [7, 11) is 1.69. The Morgan fingerprint density at radius 1 is 1.04 bits per heavy atom. The highest BCUT2D eigenvalue weighted by atomic mass is 16.5. The van der Waals surface area contributed by atoms with Crippen LogP contribution in [0.1, 0.15) is 5.56 Å². The van der Waals surface area contributed by atoms with Gasteiger partial charge >= 0.3 is 5.97 Å². The predicted octanol–water partition coefficient (Wildman–Crippen LogP) is 2.76. The van der Waals surface area contributed by atoms with E-state index < -0.39 is 5.97 Å². The predicted molar refractivity (Wildman–Crippen MR) is 103 cm³/mol. The van der Waals surface area contributed by atoms with Gasteiger partial charge in [-0.1, -0.05) is 42.5 Å². The molecule has 26 heavy (non-hydrogen) atoms. The quantitative estimate of drug-likeness (QED) is 0.829. The van der Waals surface area contributed by atoms with Crippen LogP contribution in [-0.2, 0) is 11.2 Å². The minimum Gasteiger partial charge on any atom is -0.495 e. The number of anilines is 1. The smallest absolute Gasteiger partial charge is 0.308 e. The average molecular weight is 354 g/mol. The van der Waals surface area contributed by atoms with Crippen molar-refractivity contribution in [1.82, 2.24) is 4.90 Å². The van der Waals surface area contributed by atoms with Gasteiger partial charge in [0, 0.05) is 32.7 Å². The molecule has 1 aliphatic rings. The van der Waals surface area contributed by atoms with Crippen LogP contribution in [0.15, 0.2) is 54.6 Å². The molecule has 5 nitrogen and oxygen atoms in total. The van der Waals surface area contributed by atoms with E-state index in [0.717, 1.165) is 43.2 Å². The Morgan fingerprint density at radius 2 is 1.69 bits per heavy atom. The van der Waals surface area contributed by atoms with Crippen molar-refractivity contribution in [1.29, 1.82) is 0 Å². The van der Waals surface area contributed by atoms with Crippen molar-refractivity contribution in [3.63, 3.8) is 0 Å². The molecule has 1 aliphatic heterocycles. The summed E-state index contributed by atoms with van der Waals surface area (Å²) in [4.78, 5) is 16.3. The lowest BCUT2D eigenvalue weighted by Gasteiger charge is -2.37. The molecule has 2 aromatic rings. The summed E-state index contributed by atoms with van der Waals surface area (Å²) < 4.78 is 5.45. The summed E-state index contributed by atoms with van der Waals surface area (Å²) in [5.74, 6) is -0.218. The number of methoxy groups -OCH3 is 1. The minimum atomic E-state index is -0.721. The van der Waals surface area contributed by atoms with Gasteiger partial charge in [0.2, 0.25) is 0 Å². The summed E-state index contributed by atoms with van der Waals surface area (Å²) >= 11 is 0. The van der Waals surface area contributed by atoms with Crippen LogP contribution in [0.2, 0.25) is 0 Å². The zero-order valence-corrected chi connectivity index (χ0v) is 15.2. The van der Waals surface area contributed by atoms with E-state index in [4.69, 9.17) is 4.74 Å². The highest BCUT2D eigenvalue weighted by molar-refractivity contribution is 5.70. The molecule has 1 atom stereocenters. The van der Waals surface area contributed by atoms with E-state index in [-0.39, 0.29) is 5.92 Å². The molecule has 1 saturated heterocycles. The van der Waals surface area contributed by atoms with E-state index in [1.54, 1.807) is 7.11 Å². The first kappa shape index (κ1) is 18.3. The van der Waals surface area contributed by atoms with Gasteiger partial charge in [0.05, 0.1) is 18.7 Å². The molecule has 1 fully saturated rings. The van der Waals surface area contributed by atoms with Crippen LogP contribution in [-0.4, -0.2) is 55.8 Å². The van der Waals surface area contributed by atoms with E-state index >= 15 is 0 Å². The number of hydrogen-bond donors (Lipinski definition) is 1. The number of rotatable bonds is 7. The summed E-state index contributed by atoms with van der Waals surface area (Å²) in [6, 6.07) is 17.9. The number of piperazine rings is 1. The Morgan fingerprint density at radius 3 is 2.35 bits per heavy atom. The van der Waals surface area contributed by atoms with Crippen LogP contribution in [0.4, 0.5) is 5.69 Å². The standard InChI is InChI=1S/C21H26N2O3/c1-26-20-10-6-5-9-19(20)23-13-11-22(12-14-23)16-18(21(24)25)15-17-7-3-2-4-8-17/h2-10,18H,11-16H2,1H3,(H,24,25). The Bertz CT molecular complexity index is 712. The molecule has 0 amide bonds. The first-order chi connectivity index (χ1) is 12.7. The monoisotopic (exact) mass is 354 g/mol. The number of benzene rings is 2. The zero-order chi connectivity index (χ0) is 18.4. The maximum absolute atomic E-state index is 11.7. The fourth-order valence-corrected chi connectivity index (χ4v) is 3.50. The lowest BCUT2D eigenvalue weighted by atomic mass is 9.98. The highest BCUT2D eigenvalue weighted by Crippen LogP contribution is 2.28. The summed E-state index contributed by atoms with van der Waals surface area (Å²) in [5, 5.41) is 9.61. The fraction of sp³-hybridized carbons (Fsp3) is 0.381. The van der Waals surface area contributed by atoms with Crippen molar-refractivity contribution in [2.45, 2.75) is 6.42 Å². The molecule has 0 aliphatic carbocycles. The first-order valence-electron chi connectivity index (χ1n) is 9.04. The number of ether oxygens (including phenoxy) is 1. The maximum Gasteiger partial charge on any atom is 0.308 e. The fourth-order valence-electron chi connectivity index (χ4n) is 3.50. The van der Waals surface area contributed by atoms with Gasteiger partial charge in [-0.15, -0.1) is 0 Å². The molecular weight excluding hydrogens is 328 g/mol. The normalized spacial score (nSPS) is 16.3. The van der Waals surface area contributed by atoms with Gasteiger partial charge in [-0.3, -0.25) is 9.69 Å². The number of carboxylic acids is 1. The van der Waals surface area contributed by atoms with Crippen LogP contribution in [0, 0.1) is 5.92 Å².